The van der Waals surface area contributed by atoms with Crippen molar-refractivity contribution in [3.8, 4) is 0 Å². The quantitative estimate of drug-likeness (QED) is 0.859. The number of benzene rings is 1. The average molecular weight is 341 g/mol. The smallest absolute Gasteiger partial charge is 0.355 e. The maximum atomic E-state index is 12.6. The molecule has 0 aromatic heterocycles. The average Bonchev–Trinajstić information content (AvgIpc) is 3.36. The van der Waals surface area contributed by atoms with Gasteiger partial charge in [-0.3, -0.25) is 9.69 Å². The molecule has 1 heterocycles. The van der Waals surface area contributed by atoms with Gasteiger partial charge in [0.05, 0.1) is 5.56 Å². The van der Waals surface area contributed by atoms with E-state index in [-0.39, 0.29) is 17.7 Å². The molecule has 4 nitrogen and oxygen atoms in total. The number of hydrogen-bond acceptors (Lipinski definition) is 3. The van der Waals surface area contributed by atoms with E-state index in [1.807, 2.05) is 0 Å². The minimum absolute atomic E-state index is 0.00929. The lowest BCUT2D eigenvalue weighted by atomic mass is 10.1. The van der Waals surface area contributed by atoms with Gasteiger partial charge < -0.3 is 10.6 Å². The highest BCUT2D eigenvalue weighted by Crippen LogP contribution is 2.47. The highest BCUT2D eigenvalue weighted by atomic mass is 19.4. The normalized spacial score (nSPS) is 24.6. The molecular weight excluding hydrogens is 319 g/mol. The molecule has 0 bridgehead atoms. The van der Waals surface area contributed by atoms with Crippen LogP contribution in [0.1, 0.15) is 23.5 Å². The molecule has 1 aromatic carbocycles. The summed E-state index contributed by atoms with van der Waals surface area (Å²) in [4.78, 5) is 14.4. The molecule has 0 spiro atoms. The van der Waals surface area contributed by atoms with Crippen LogP contribution in [0.15, 0.2) is 24.3 Å². The minimum atomic E-state index is -4.32. The van der Waals surface area contributed by atoms with Crippen LogP contribution >= 0.6 is 0 Å². The van der Waals surface area contributed by atoms with Crippen LogP contribution in [0.25, 0.3) is 0 Å². The molecule has 2 atom stereocenters. The predicted molar refractivity (Wildman–Crippen MR) is 84.6 cm³/mol. The van der Waals surface area contributed by atoms with Crippen molar-refractivity contribution >= 4 is 5.91 Å². The Morgan fingerprint density at radius 2 is 1.88 bits per heavy atom. The lowest BCUT2D eigenvalue weighted by Crippen LogP contribution is -2.46. The summed E-state index contributed by atoms with van der Waals surface area (Å²) in [7, 11) is 0. The second-order valence-electron chi connectivity index (χ2n) is 6.45. The lowest BCUT2D eigenvalue weighted by molar-refractivity contribution is -0.137. The zero-order chi connectivity index (χ0) is 17.2. The highest BCUT2D eigenvalue weighted by molar-refractivity contribution is 5.82. The first kappa shape index (κ1) is 17.2. The van der Waals surface area contributed by atoms with Gasteiger partial charge in [-0.2, -0.15) is 13.2 Å². The summed E-state index contributed by atoms with van der Waals surface area (Å²) in [5.41, 5.74) is 0.161. The maximum Gasteiger partial charge on any atom is 0.416 e. The van der Waals surface area contributed by atoms with E-state index in [0.717, 1.165) is 50.4 Å². The number of carbonyl (C=O) groups excluding carboxylic acids is 1. The summed E-state index contributed by atoms with van der Waals surface area (Å²) in [6.07, 6.45) is -3.60. The molecule has 2 fully saturated rings. The summed E-state index contributed by atoms with van der Waals surface area (Å²) < 4.78 is 37.7. The van der Waals surface area contributed by atoms with E-state index >= 15 is 0 Å². The first-order chi connectivity index (χ1) is 11.4. The first-order valence-electron chi connectivity index (χ1n) is 8.33. The molecule has 2 aliphatic rings. The Morgan fingerprint density at radius 3 is 2.50 bits per heavy atom. The number of rotatable bonds is 5. The Morgan fingerprint density at radius 1 is 1.21 bits per heavy atom. The zero-order valence-corrected chi connectivity index (χ0v) is 13.4. The second-order valence-corrected chi connectivity index (χ2v) is 6.45. The molecule has 1 saturated carbocycles. The molecule has 1 aliphatic carbocycles. The van der Waals surface area contributed by atoms with Crippen LogP contribution in [0.3, 0.4) is 0 Å². The second kappa shape index (κ2) is 7.11. The van der Waals surface area contributed by atoms with Gasteiger partial charge in [0.2, 0.25) is 5.91 Å². The SMILES string of the molecule is O=C(NCCN1CCNCC1)[C@H]1C[C@H]1c1ccc(C(F)(F)F)cc1. The molecule has 0 unspecified atom stereocenters. The number of halogens is 3. The van der Waals surface area contributed by atoms with E-state index in [9.17, 15) is 18.0 Å². The van der Waals surface area contributed by atoms with E-state index in [1.54, 1.807) is 0 Å². The summed E-state index contributed by atoms with van der Waals surface area (Å²) in [6.45, 7) is 5.40. The number of nitrogens with zero attached hydrogens (tertiary/aromatic N) is 1. The molecule has 132 valence electrons. The molecule has 1 aliphatic heterocycles. The maximum absolute atomic E-state index is 12.6. The molecule has 7 heteroatoms. The number of alkyl halides is 3. The van der Waals surface area contributed by atoms with Gasteiger partial charge in [-0.15, -0.1) is 0 Å². The van der Waals surface area contributed by atoms with Gasteiger partial charge in [-0.25, -0.2) is 0 Å². The molecule has 1 aromatic rings. The van der Waals surface area contributed by atoms with E-state index in [2.05, 4.69) is 15.5 Å². The van der Waals surface area contributed by atoms with Crippen LogP contribution < -0.4 is 10.6 Å². The van der Waals surface area contributed by atoms with Crippen molar-refractivity contribution in [3.05, 3.63) is 35.4 Å². The third-order valence-electron chi connectivity index (χ3n) is 4.73. The summed E-state index contributed by atoms with van der Waals surface area (Å²) in [6, 6.07) is 5.16. The van der Waals surface area contributed by atoms with Gasteiger partial charge in [0, 0.05) is 45.2 Å². The fraction of sp³-hybridized carbons (Fsp3) is 0.588. The van der Waals surface area contributed by atoms with Crippen LogP contribution in [-0.4, -0.2) is 50.1 Å². The summed E-state index contributed by atoms with van der Waals surface area (Å²) in [5, 5.41) is 6.23. The van der Waals surface area contributed by atoms with Gasteiger partial charge in [-0.1, -0.05) is 12.1 Å². The number of amides is 1. The van der Waals surface area contributed by atoms with Crippen LogP contribution in [0.4, 0.5) is 13.2 Å². The van der Waals surface area contributed by atoms with Gasteiger partial charge in [0.1, 0.15) is 0 Å². The minimum Gasteiger partial charge on any atom is -0.355 e. The summed E-state index contributed by atoms with van der Waals surface area (Å²) in [5.74, 6) is -0.0498. The van der Waals surface area contributed by atoms with E-state index < -0.39 is 11.7 Å². The van der Waals surface area contributed by atoms with Crippen LogP contribution in [-0.2, 0) is 11.0 Å². The Bertz CT molecular complexity index is 567. The fourth-order valence-electron chi connectivity index (χ4n) is 3.18. The van der Waals surface area contributed by atoms with Crippen LogP contribution in [0.2, 0.25) is 0 Å². The Balaban J connectivity index is 1.43. The molecular formula is C17H22F3N3O. The molecule has 1 amide bonds. The van der Waals surface area contributed by atoms with Crippen molar-refractivity contribution in [2.75, 3.05) is 39.3 Å². The van der Waals surface area contributed by atoms with Crippen molar-refractivity contribution in [2.24, 2.45) is 5.92 Å². The standard InChI is InChI=1S/C17H22F3N3O/c18-17(19,20)13-3-1-12(2-4-13)14-11-15(14)16(24)22-7-10-23-8-5-21-6-9-23/h1-4,14-15,21H,5-11H2,(H,22,24)/t14-,15-/m0/s1. The largest absolute Gasteiger partial charge is 0.416 e. The van der Waals surface area contributed by atoms with Gasteiger partial charge in [0.25, 0.3) is 0 Å². The predicted octanol–water partition coefficient (Wildman–Crippen LogP) is 1.83. The molecule has 1 saturated heterocycles. The summed E-state index contributed by atoms with van der Waals surface area (Å²) >= 11 is 0. The Hall–Kier alpha value is -1.60. The third kappa shape index (κ3) is 4.27. The number of carbonyl (C=O) groups is 1. The Kier molecular flexibility index (Phi) is 5.10. The van der Waals surface area contributed by atoms with E-state index in [1.165, 1.54) is 12.1 Å². The van der Waals surface area contributed by atoms with Crippen LogP contribution in [0.5, 0.6) is 0 Å². The van der Waals surface area contributed by atoms with Crippen LogP contribution in [0, 0.1) is 5.92 Å². The van der Waals surface area contributed by atoms with Crippen molar-refractivity contribution < 1.29 is 18.0 Å². The van der Waals surface area contributed by atoms with Crippen molar-refractivity contribution in [3.63, 3.8) is 0 Å². The molecule has 2 N–H and O–H groups in total. The topological polar surface area (TPSA) is 44.4 Å². The van der Waals surface area contributed by atoms with Gasteiger partial charge in [-0.05, 0) is 30.0 Å². The molecule has 0 radical (unpaired) electrons. The van der Waals surface area contributed by atoms with Crippen molar-refractivity contribution in [2.45, 2.75) is 18.5 Å². The number of piperazine rings is 1. The number of hydrogen-bond donors (Lipinski definition) is 2. The fourth-order valence-corrected chi connectivity index (χ4v) is 3.18. The van der Waals surface area contributed by atoms with Gasteiger partial charge in [0.15, 0.2) is 0 Å². The molecule has 24 heavy (non-hydrogen) atoms. The third-order valence-corrected chi connectivity index (χ3v) is 4.73. The van der Waals surface area contributed by atoms with Gasteiger partial charge >= 0.3 is 6.18 Å². The zero-order valence-electron chi connectivity index (χ0n) is 13.4. The van der Waals surface area contributed by atoms with E-state index in [0.29, 0.717) is 13.0 Å². The van der Waals surface area contributed by atoms with E-state index in [4.69, 9.17) is 0 Å². The first-order valence-corrected chi connectivity index (χ1v) is 8.33. The molecule has 3 rings (SSSR count). The van der Waals surface area contributed by atoms with Crippen molar-refractivity contribution in [1.29, 1.82) is 0 Å². The lowest BCUT2D eigenvalue weighted by Gasteiger charge is -2.27. The van der Waals surface area contributed by atoms with Crippen molar-refractivity contribution in [1.82, 2.24) is 15.5 Å². The highest BCUT2D eigenvalue weighted by Gasteiger charge is 2.44. The number of nitrogens with one attached hydrogen (secondary N) is 2. The monoisotopic (exact) mass is 341 g/mol. The Labute approximate surface area is 139 Å².